The molecule has 0 aromatic heterocycles. The van der Waals surface area contributed by atoms with Gasteiger partial charge in [-0.05, 0) is 6.42 Å². The molecule has 66 valence electrons. The molecular formula is C8H17NO2. The molecule has 0 bridgehead atoms. The highest BCUT2D eigenvalue weighted by Gasteiger charge is 2.07. The third-order valence-electron chi connectivity index (χ3n) is 1.51. The molecule has 0 aromatic carbocycles. The lowest BCUT2D eigenvalue weighted by Gasteiger charge is -2.10. The molecular weight excluding hydrogens is 142 g/mol. The topological polar surface area (TPSA) is 49.3 Å². The lowest BCUT2D eigenvalue weighted by atomic mass is 10.2. The molecule has 0 aromatic rings. The molecule has 0 heterocycles. The maximum Gasteiger partial charge on any atom is 0.222 e. The van der Waals surface area contributed by atoms with Gasteiger partial charge >= 0.3 is 0 Å². The van der Waals surface area contributed by atoms with E-state index in [1.54, 1.807) is 0 Å². The smallest absolute Gasteiger partial charge is 0.222 e. The van der Waals surface area contributed by atoms with Crippen molar-refractivity contribution in [2.45, 2.75) is 33.3 Å². The summed E-state index contributed by atoms with van der Waals surface area (Å²) in [6.45, 7) is 5.90. The normalized spacial score (nSPS) is 13.2. The Morgan fingerprint density at radius 2 is 2.09 bits per heavy atom. The molecule has 0 radical (unpaired) electrons. The van der Waals surface area contributed by atoms with Crippen molar-refractivity contribution in [2.75, 3.05) is 6.54 Å². The number of hydrogen-bond donors (Lipinski definition) is 2. The SMILES string of the molecule is CC[C@H](O)CNC(=O)C(C)C. The van der Waals surface area contributed by atoms with Crippen LogP contribution in [0.2, 0.25) is 0 Å². The Hall–Kier alpha value is -0.570. The van der Waals surface area contributed by atoms with Crippen LogP contribution in [0, 0.1) is 5.92 Å². The largest absolute Gasteiger partial charge is 0.391 e. The van der Waals surface area contributed by atoms with Gasteiger partial charge in [-0.25, -0.2) is 0 Å². The number of nitrogens with one attached hydrogen (secondary N) is 1. The quantitative estimate of drug-likeness (QED) is 0.628. The second-order valence-electron chi connectivity index (χ2n) is 2.96. The molecule has 0 aliphatic carbocycles. The second kappa shape index (κ2) is 5.13. The standard InChI is InChI=1S/C8H17NO2/c1-4-7(10)5-9-8(11)6(2)3/h6-7,10H,4-5H2,1-3H3,(H,9,11)/t7-/m0/s1. The van der Waals surface area contributed by atoms with E-state index in [1.807, 2.05) is 20.8 Å². The van der Waals surface area contributed by atoms with Gasteiger partial charge in [-0.1, -0.05) is 20.8 Å². The molecule has 1 amide bonds. The van der Waals surface area contributed by atoms with Gasteiger partial charge in [-0.15, -0.1) is 0 Å². The van der Waals surface area contributed by atoms with Crippen molar-refractivity contribution in [3.63, 3.8) is 0 Å². The van der Waals surface area contributed by atoms with Crippen LogP contribution < -0.4 is 5.32 Å². The molecule has 1 atom stereocenters. The molecule has 0 saturated heterocycles. The summed E-state index contributed by atoms with van der Waals surface area (Å²) in [5.41, 5.74) is 0. The van der Waals surface area contributed by atoms with Crippen LogP contribution in [-0.2, 0) is 4.79 Å². The molecule has 0 rings (SSSR count). The predicted molar refractivity (Wildman–Crippen MR) is 44.1 cm³/mol. The monoisotopic (exact) mass is 159 g/mol. The van der Waals surface area contributed by atoms with Crippen molar-refractivity contribution in [3.05, 3.63) is 0 Å². The molecule has 0 aliphatic heterocycles. The zero-order valence-electron chi connectivity index (χ0n) is 7.42. The van der Waals surface area contributed by atoms with Gasteiger partial charge in [0.05, 0.1) is 6.10 Å². The summed E-state index contributed by atoms with van der Waals surface area (Å²) >= 11 is 0. The van der Waals surface area contributed by atoms with Crippen LogP contribution >= 0.6 is 0 Å². The molecule has 2 N–H and O–H groups in total. The third-order valence-corrected chi connectivity index (χ3v) is 1.51. The van der Waals surface area contributed by atoms with Crippen molar-refractivity contribution in [1.29, 1.82) is 0 Å². The van der Waals surface area contributed by atoms with E-state index in [1.165, 1.54) is 0 Å². The summed E-state index contributed by atoms with van der Waals surface area (Å²) in [7, 11) is 0. The van der Waals surface area contributed by atoms with Crippen molar-refractivity contribution < 1.29 is 9.90 Å². The Bertz CT molecular complexity index is 123. The van der Waals surface area contributed by atoms with Crippen LogP contribution in [0.4, 0.5) is 0 Å². The van der Waals surface area contributed by atoms with Crippen molar-refractivity contribution in [2.24, 2.45) is 5.92 Å². The summed E-state index contributed by atoms with van der Waals surface area (Å²) in [5, 5.41) is 11.7. The summed E-state index contributed by atoms with van der Waals surface area (Å²) in [5.74, 6) is -0.00319. The van der Waals surface area contributed by atoms with E-state index in [0.29, 0.717) is 13.0 Å². The van der Waals surface area contributed by atoms with E-state index in [2.05, 4.69) is 5.32 Å². The van der Waals surface area contributed by atoms with Crippen molar-refractivity contribution in [3.8, 4) is 0 Å². The van der Waals surface area contributed by atoms with E-state index in [9.17, 15) is 4.79 Å². The van der Waals surface area contributed by atoms with Gasteiger partial charge in [0.15, 0.2) is 0 Å². The Labute approximate surface area is 67.8 Å². The lowest BCUT2D eigenvalue weighted by Crippen LogP contribution is -2.34. The minimum Gasteiger partial charge on any atom is -0.391 e. The van der Waals surface area contributed by atoms with Crippen LogP contribution in [0.25, 0.3) is 0 Å². The summed E-state index contributed by atoms with van der Waals surface area (Å²) in [4.78, 5) is 10.9. The highest BCUT2D eigenvalue weighted by molar-refractivity contribution is 5.77. The Morgan fingerprint density at radius 1 is 1.55 bits per heavy atom. The van der Waals surface area contributed by atoms with E-state index < -0.39 is 6.10 Å². The lowest BCUT2D eigenvalue weighted by molar-refractivity contribution is -0.124. The minimum absolute atomic E-state index is 0.000874. The van der Waals surface area contributed by atoms with Gasteiger partial charge in [0.1, 0.15) is 0 Å². The maximum absolute atomic E-state index is 10.9. The first-order chi connectivity index (χ1) is 5.07. The van der Waals surface area contributed by atoms with Crippen LogP contribution in [0.3, 0.4) is 0 Å². The molecule has 0 fully saturated rings. The van der Waals surface area contributed by atoms with Crippen molar-refractivity contribution in [1.82, 2.24) is 5.32 Å². The fourth-order valence-corrected chi connectivity index (χ4v) is 0.567. The number of amides is 1. The highest BCUT2D eigenvalue weighted by Crippen LogP contribution is 1.92. The Balaban J connectivity index is 3.46. The van der Waals surface area contributed by atoms with Crippen LogP contribution in [0.15, 0.2) is 0 Å². The molecule has 0 aliphatic rings. The molecule has 11 heavy (non-hydrogen) atoms. The van der Waals surface area contributed by atoms with E-state index in [4.69, 9.17) is 5.11 Å². The number of hydrogen-bond acceptors (Lipinski definition) is 2. The first-order valence-corrected chi connectivity index (χ1v) is 4.03. The molecule has 0 unspecified atom stereocenters. The number of carbonyl (C=O) groups is 1. The zero-order valence-corrected chi connectivity index (χ0v) is 7.42. The third kappa shape index (κ3) is 4.79. The van der Waals surface area contributed by atoms with Gasteiger partial charge in [0.25, 0.3) is 0 Å². The maximum atomic E-state index is 10.9. The van der Waals surface area contributed by atoms with E-state index in [0.717, 1.165) is 0 Å². The van der Waals surface area contributed by atoms with Gasteiger partial charge in [-0.2, -0.15) is 0 Å². The highest BCUT2D eigenvalue weighted by atomic mass is 16.3. The molecule has 0 saturated carbocycles. The summed E-state index contributed by atoms with van der Waals surface area (Å²) < 4.78 is 0. The zero-order chi connectivity index (χ0) is 8.85. The first-order valence-electron chi connectivity index (χ1n) is 4.03. The Kier molecular flexibility index (Phi) is 4.86. The second-order valence-corrected chi connectivity index (χ2v) is 2.96. The van der Waals surface area contributed by atoms with E-state index >= 15 is 0 Å². The average molecular weight is 159 g/mol. The fraction of sp³-hybridized carbons (Fsp3) is 0.875. The molecule has 3 heteroatoms. The molecule has 3 nitrogen and oxygen atoms in total. The Morgan fingerprint density at radius 3 is 2.45 bits per heavy atom. The van der Waals surface area contributed by atoms with E-state index in [-0.39, 0.29) is 11.8 Å². The number of aliphatic hydroxyl groups excluding tert-OH is 1. The van der Waals surface area contributed by atoms with Gasteiger partial charge in [0, 0.05) is 12.5 Å². The first kappa shape index (κ1) is 10.4. The number of aliphatic hydroxyl groups is 1. The number of rotatable bonds is 4. The molecule has 0 spiro atoms. The summed E-state index contributed by atoms with van der Waals surface area (Å²) in [6.07, 6.45) is 0.274. The van der Waals surface area contributed by atoms with Gasteiger partial charge in [-0.3, -0.25) is 4.79 Å². The summed E-state index contributed by atoms with van der Waals surface area (Å²) in [6, 6.07) is 0. The van der Waals surface area contributed by atoms with Gasteiger partial charge < -0.3 is 10.4 Å². The predicted octanol–water partition coefficient (Wildman–Crippen LogP) is 0.529. The van der Waals surface area contributed by atoms with Crippen LogP contribution in [-0.4, -0.2) is 23.7 Å². The fourth-order valence-electron chi connectivity index (χ4n) is 0.567. The average Bonchev–Trinajstić information content (AvgIpc) is 1.99. The van der Waals surface area contributed by atoms with Crippen LogP contribution in [0.5, 0.6) is 0 Å². The van der Waals surface area contributed by atoms with Crippen molar-refractivity contribution >= 4 is 5.91 Å². The van der Waals surface area contributed by atoms with Crippen LogP contribution in [0.1, 0.15) is 27.2 Å². The van der Waals surface area contributed by atoms with Gasteiger partial charge in [0.2, 0.25) is 5.91 Å². The minimum atomic E-state index is -0.405. The number of carbonyl (C=O) groups excluding carboxylic acids is 1.